The van der Waals surface area contributed by atoms with Gasteiger partial charge >= 0.3 is 0 Å². The summed E-state index contributed by atoms with van der Waals surface area (Å²) < 4.78 is 14.0. The van der Waals surface area contributed by atoms with Crippen molar-refractivity contribution in [1.29, 1.82) is 0 Å². The Bertz CT molecular complexity index is 1560. The van der Waals surface area contributed by atoms with Crippen molar-refractivity contribution in [2.75, 3.05) is 12.4 Å². The van der Waals surface area contributed by atoms with Gasteiger partial charge in [-0.3, -0.25) is 9.78 Å². The summed E-state index contributed by atoms with van der Waals surface area (Å²) in [6.07, 6.45) is 1.62. The van der Waals surface area contributed by atoms with Gasteiger partial charge in [0.15, 0.2) is 0 Å². The molecule has 0 atom stereocenters. The molecule has 0 fully saturated rings. The van der Waals surface area contributed by atoms with Gasteiger partial charge in [-0.05, 0) is 72.6 Å². The molecule has 188 valence electrons. The zero-order valence-electron chi connectivity index (χ0n) is 21.0. The monoisotopic (exact) mass is 513 g/mol. The maximum Gasteiger partial charge on any atom is 0.269 e. The third-order valence-electron chi connectivity index (χ3n) is 5.71. The fourth-order valence-electron chi connectivity index (χ4n) is 3.95. The highest BCUT2D eigenvalue weighted by Crippen LogP contribution is 2.36. The average Bonchev–Trinajstić information content (AvgIpc) is 3.53. The topological polar surface area (TPSA) is 90.3 Å². The lowest BCUT2D eigenvalue weighted by Crippen LogP contribution is -2.18. The first-order valence-corrected chi connectivity index (χ1v) is 12.8. The normalized spacial score (nSPS) is 11.1. The number of carbonyl (C=O) groups is 1. The second-order valence-electron chi connectivity index (χ2n) is 8.72. The Kier molecular flexibility index (Phi) is 6.78. The van der Waals surface area contributed by atoms with Crippen LogP contribution < -0.4 is 20.1 Å². The van der Waals surface area contributed by atoms with Crippen molar-refractivity contribution in [2.45, 2.75) is 20.0 Å². The van der Waals surface area contributed by atoms with Crippen molar-refractivity contribution >= 4 is 39.9 Å². The van der Waals surface area contributed by atoms with E-state index in [0.29, 0.717) is 17.4 Å². The lowest BCUT2D eigenvalue weighted by molar-refractivity contribution is 0.0958. The van der Waals surface area contributed by atoms with E-state index in [1.807, 2.05) is 55.8 Å². The summed E-state index contributed by atoms with van der Waals surface area (Å²) in [5.74, 6) is 2.41. The smallest absolute Gasteiger partial charge is 0.269 e. The summed E-state index contributed by atoms with van der Waals surface area (Å²) >= 11 is 1.65. The van der Waals surface area contributed by atoms with E-state index in [4.69, 9.17) is 14.5 Å². The highest BCUT2D eigenvalue weighted by molar-refractivity contribution is 7.08. The van der Waals surface area contributed by atoms with Crippen LogP contribution in [0.15, 0.2) is 71.6 Å². The summed E-state index contributed by atoms with van der Waals surface area (Å²) in [4.78, 5) is 20.8. The molecule has 1 amide bonds. The summed E-state index contributed by atoms with van der Waals surface area (Å²) in [6.45, 7) is 4.05. The van der Waals surface area contributed by atoms with Gasteiger partial charge in [-0.2, -0.15) is 11.3 Å². The van der Waals surface area contributed by atoms with Gasteiger partial charge in [0.05, 0.1) is 17.1 Å². The van der Waals surface area contributed by atoms with E-state index in [1.54, 1.807) is 36.7 Å². The van der Waals surface area contributed by atoms with Gasteiger partial charge in [0, 0.05) is 43.7 Å². The van der Waals surface area contributed by atoms with Crippen molar-refractivity contribution in [1.82, 2.24) is 19.9 Å². The molecular weight excluding hydrogens is 486 g/mol. The van der Waals surface area contributed by atoms with E-state index in [-0.39, 0.29) is 17.7 Å². The van der Waals surface area contributed by atoms with Crippen LogP contribution in [0.25, 0.3) is 22.2 Å². The van der Waals surface area contributed by atoms with Gasteiger partial charge in [0.2, 0.25) is 5.95 Å². The molecule has 0 unspecified atom stereocenters. The molecule has 5 rings (SSSR count). The van der Waals surface area contributed by atoms with E-state index in [1.165, 1.54) is 0 Å². The number of aromatic nitrogens is 3. The minimum absolute atomic E-state index is 0.0787. The van der Waals surface area contributed by atoms with Gasteiger partial charge in [0.1, 0.15) is 22.9 Å². The summed E-state index contributed by atoms with van der Waals surface area (Å²) in [5, 5.41) is 10.2. The van der Waals surface area contributed by atoms with E-state index >= 15 is 0 Å². The van der Waals surface area contributed by atoms with Gasteiger partial charge in [-0.25, -0.2) is 4.98 Å². The molecular formula is C28H27N5O3S. The Morgan fingerprint density at radius 1 is 1.05 bits per heavy atom. The van der Waals surface area contributed by atoms with Crippen LogP contribution in [0.2, 0.25) is 0 Å². The fraction of sp³-hybridized carbons (Fsp3) is 0.179. The first-order chi connectivity index (χ1) is 17.9. The lowest BCUT2D eigenvalue weighted by Gasteiger charge is -2.15. The number of anilines is 2. The molecule has 0 spiro atoms. The minimum Gasteiger partial charge on any atom is -0.490 e. The summed E-state index contributed by atoms with van der Waals surface area (Å²) in [6, 6.07) is 17.2. The number of fused-ring (bicyclic) bond motifs is 1. The maximum atomic E-state index is 11.9. The van der Waals surface area contributed by atoms with Crippen LogP contribution in [-0.4, -0.2) is 33.6 Å². The van der Waals surface area contributed by atoms with Crippen molar-refractivity contribution in [2.24, 2.45) is 7.05 Å². The first kappa shape index (κ1) is 24.3. The highest BCUT2D eigenvalue weighted by Gasteiger charge is 2.14. The number of aryl methyl sites for hydroxylation is 1. The number of carbonyl (C=O) groups excluding carboxylic acids is 1. The first-order valence-electron chi connectivity index (χ1n) is 11.8. The molecule has 0 saturated heterocycles. The average molecular weight is 514 g/mol. The quantitative estimate of drug-likeness (QED) is 0.250. The Labute approximate surface area is 218 Å². The van der Waals surface area contributed by atoms with Crippen LogP contribution >= 0.6 is 11.3 Å². The molecule has 0 aliphatic carbocycles. The van der Waals surface area contributed by atoms with Gasteiger partial charge < -0.3 is 24.7 Å². The second-order valence-corrected chi connectivity index (χ2v) is 9.50. The van der Waals surface area contributed by atoms with Gasteiger partial charge in [0.25, 0.3) is 5.91 Å². The molecule has 3 heterocycles. The molecule has 0 aliphatic rings. The molecule has 0 aliphatic heterocycles. The number of hydrogen-bond acceptors (Lipinski definition) is 7. The predicted octanol–water partition coefficient (Wildman–Crippen LogP) is 6.38. The molecule has 8 nitrogen and oxygen atoms in total. The number of rotatable bonds is 8. The molecule has 0 saturated carbocycles. The standard InChI is InChI=1S/C28H27N5O3S/c1-17(2)35-26-8-5-19(13-22(26)18-10-12-37-16-18)31-28-32-23-14-20(6-7-25(23)33(28)4)36-21-9-11-30-24(15-21)27(34)29-3/h5-17H,1-4H3,(H,29,34)(H,31,32). The molecule has 3 aromatic heterocycles. The molecule has 0 radical (unpaired) electrons. The zero-order chi connectivity index (χ0) is 25.9. The van der Waals surface area contributed by atoms with Crippen molar-refractivity contribution in [3.8, 4) is 28.4 Å². The number of hydrogen-bond donors (Lipinski definition) is 2. The van der Waals surface area contributed by atoms with Crippen LogP contribution in [0.4, 0.5) is 11.6 Å². The van der Waals surface area contributed by atoms with E-state index < -0.39 is 0 Å². The SMILES string of the molecule is CNC(=O)c1cc(Oc2ccc3c(c2)nc(Nc2ccc(OC(C)C)c(-c4ccsc4)c2)n3C)ccn1. The summed E-state index contributed by atoms with van der Waals surface area (Å²) in [5.41, 5.74) is 5.08. The van der Waals surface area contributed by atoms with Crippen molar-refractivity contribution in [3.63, 3.8) is 0 Å². The zero-order valence-corrected chi connectivity index (χ0v) is 21.8. The van der Waals surface area contributed by atoms with Crippen molar-refractivity contribution < 1.29 is 14.3 Å². The molecule has 9 heteroatoms. The second kappa shape index (κ2) is 10.3. The van der Waals surface area contributed by atoms with Crippen LogP contribution in [0.1, 0.15) is 24.3 Å². The van der Waals surface area contributed by atoms with E-state index in [9.17, 15) is 4.79 Å². The minimum atomic E-state index is -0.271. The van der Waals surface area contributed by atoms with Crippen LogP contribution in [0.5, 0.6) is 17.2 Å². The largest absolute Gasteiger partial charge is 0.490 e. The van der Waals surface area contributed by atoms with Gasteiger partial charge in [-0.15, -0.1) is 0 Å². The lowest BCUT2D eigenvalue weighted by atomic mass is 10.1. The number of nitrogens with one attached hydrogen (secondary N) is 2. The number of pyridine rings is 1. The molecule has 2 N–H and O–H groups in total. The highest BCUT2D eigenvalue weighted by atomic mass is 32.1. The van der Waals surface area contributed by atoms with Crippen LogP contribution in [0.3, 0.4) is 0 Å². The third-order valence-corrected chi connectivity index (χ3v) is 6.39. The van der Waals surface area contributed by atoms with Crippen LogP contribution in [0, 0.1) is 0 Å². The Morgan fingerprint density at radius 2 is 1.89 bits per heavy atom. The Hall–Kier alpha value is -4.37. The number of amides is 1. The molecule has 37 heavy (non-hydrogen) atoms. The van der Waals surface area contributed by atoms with Crippen molar-refractivity contribution in [3.05, 3.63) is 77.2 Å². The number of nitrogens with zero attached hydrogens (tertiary/aromatic N) is 3. The Morgan fingerprint density at radius 3 is 2.65 bits per heavy atom. The third kappa shape index (κ3) is 5.26. The number of thiophene rings is 1. The Balaban J connectivity index is 1.41. The fourth-order valence-corrected chi connectivity index (χ4v) is 4.61. The van der Waals surface area contributed by atoms with E-state index in [0.717, 1.165) is 33.6 Å². The predicted molar refractivity (Wildman–Crippen MR) is 147 cm³/mol. The number of ether oxygens (including phenoxy) is 2. The molecule has 2 aromatic carbocycles. The maximum absolute atomic E-state index is 11.9. The number of imidazole rings is 1. The summed E-state index contributed by atoms with van der Waals surface area (Å²) in [7, 11) is 3.53. The van der Waals surface area contributed by atoms with Gasteiger partial charge in [-0.1, -0.05) is 0 Å². The van der Waals surface area contributed by atoms with E-state index in [2.05, 4.69) is 38.5 Å². The van der Waals surface area contributed by atoms with Crippen LogP contribution in [-0.2, 0) is 7.05 Å². The molecule has 0 bridgehead atoms. The molecule has 5 aromatic rings. The number of benzene rings is 2.